The second-order valence-electron chi connectivity index (χ2n) is 8.79. The van der Waals surface area contributed by atoms with Gasteiger partial charge in [-0.15, -0.1) is 0 Å². The van der Waals surface area contributed by atoms with Crippen molar-refractivity contribution in [2.24, 2.45) is 22.7 Å². The van der Waals surface area contributed by atoms with E-state index in [-0.39, 0.29) is 11.7 Å². The molecule has 0 aromatic carbocycles. The maximum atomic E-state index is 13.1. The van der Waals surface area contributed by atoms with Gasteiger partial charge in [-0.25, -0.2) is 0 Å². The summed E-state index contributed by atoms with van der Waals surface area (Å²) in [6.45, 7) is 0.972. The van der Waals surface area contributed by atoms with Crippen molar-refractivity contribution in [3.05, 3.63) is 22.8 Å². The third-order valence-corrected chi connectivity index (χ3v) is 7.73. The Bertz CT molecular complexity index is 791. The highest BCUT2D eigenvalue weighted by Gasteiger charge is 2.62. The van der Waals surface area contributed by atoms with E-state index in [1.165, 1.54) is 23.6 Å². The van der Waals surface area contributed by atoms with Gasteiger partial charge in [0.15, 0.2) is 11.6 Å². The van der Waals surface area contributed by atoms with Crippen LogP contribution in [-0.2, 0) is 9.59 Å². The topological polar surface area (TPSA) is 54.4 Å². The first-order chi connectivity index (χ1) is 13.0. The molecule has 3 heteroatoms. The average Bonchev–Trinajstić information content (AvgIpc) is 2.94. The van der Waals surface area contributed by atoms with Crippen LogP contribution in [0, 0.1) is 22.7 Å². The van der Waals surface area contributed by atoms with Crippen LogP contribution >= 0.6 is 0 Å². The van der Waals surface area contributed by atoms with Crippen molar-refractivity contribution in [3.8, 4) is 0 Å². The number of fused-ring (bicyclic) bond motifs is 4. The van der Waals surface area contributed by atoms with Crippen LogP contribution in [0.25, 0.3) is 0 Å². The summed E-state index contributed by atoms with van der Waals surface area (Å²) in [7, 11) is 0. The van der Waals surface area contributed by atoms with Crippen molar-refractivity contribution in [1.29, 1.82) is 0 Å². The summed E-state index contributed by atoms with van der Waals surface area (Å²) in [5.74, 6) is 0.146. The SMILES string of the molecule is [2H]C([2H])([2H])C1(C(=O)[C@H](C)O)CC[C@H]2[C@@H]3CCC4=CC(=O)CCC4=C3CC[C@@]21C. The summed E-state index contributed by atoms with van der Waals surface area (Å²) in [5, 5.41) is 10.1. The summed E-state index contributed by atoms with van der Waals surface area (Å²) >= 11 is 0. The quantitative estimate of drug-likeness (QED) is 0.818. The molecule has 0 aromatic rings. The van der Waals surface area contributed by atoms with Crippen LogP contribution < -0.4 is 0 Å². The van der Waals surface area contributed by atoms with E-state index in [0.29, 0.717) is 31.6 Å². The van der Waals surface area contributed by atoms with Crippen LogP contribution in [0.5, 0.6) is 0 Å². The van der Waals surface area contributed by atoms with Crippen molar-refractivity contribution in [2.45, 2.75) is 78.2 Å². The van der Waals surface area contributed by atoms with Crippen LogP contribution in [0.2, 0.25) is 0 Å². The third kappa shape index (κ3) is 2.27. The molecule has 0 heterocycles. The first-order valence-electron chi connectivity index (χ1n) is 11.2. The zero-order valence-corrected chi connectivity index (χ0v) is 15.2. The zero-order valence-electron chi connectivity index (χ0n) is 18.2. The molecule has 4 aliphatic rings. The van der Waals surface area contributed by atoms with E-state index in [0.717, 1.165) is 25.7 Å². The molecular formula is C22H30O3. The van der Waals surface area contributed by atoms with Gasteiger partial charge in [0.25, 0.3) is 0 Å². The molecule has 0 aromatic heterocycles. The highest BCUT2D eigenvalue weighted by molar-refractivity contribution is 5.93. The number of carbonyl (C=O) groups is 2. The number of Topliss-reactive ketones (excluding diaryl/α,β-unsaturated/α-hetero) is 1. The van der Waals surface area contributed by atoms with Crippen molar-refractivity contribution < 1.29 is 18.8 Å². The smallest absolute Gasteiger partial charge is 0.167 e. The van der Waals surface area contributed by atoms with Crippen molar-refractivity contribution in [3.63, 3.8) is 0 Å². The maximum absolute atomic E-state index is 13.1. The Kier molecular flexibility index (Phi) is 3.14. The van der Waals surface area contributed by atoms with Gasteiger partial charge in [-0.2, -0.15) is 0 Å². The molecular weight excluding hydrogens is 312 g/mol. The molecule has 0 amide bonds. The molecule has 5 atom stereocenters. The molecule has 1 N–H and O–H groups in total. The molecule has 4 rings (SSSR count). The monoisotopic (exact) mass is 345 g/mol. The Morgan fingerprint density at radius 3 is 2.80 bits per heavy atom. The minimum atomic E-state index is -2.42. The first-order valence-corrected chi connectivity index (χ1v) is 9.71. The zero-order chi connectivity index (χ0) is 20.5. The largest absolute Gasteiger partial charge is 0.386 e. The van der Waals surface area contributed by atoms with Gasteiger partial charge in [-0.05, 0) is 86.3 Å². The van der Waals surface area contributed by atoms with E-state index < -0.39 is 29.6 Å². The number of hydrogen-bond acceptors (Lipinski definition) is 3. The van der Waals surface area contributed by atoms with E-state index in [2.05, 4.69) is 0 Å². The van der Waals surface area contributed by atoms with Gasteiger partial charge >= 0.3 is 0 Å². The number of hydrogen-bond donors (Lipinski definition) is 1. The number of aliphatic hydroxyl groups is 1. The fourth-order valence-corrected chi connectivity index (χ4v) is 6.33. The predicted octanol–water partition coefficient (Wildman–Crippen LogP) is 4.15. The summed E-state index contributed by atoms with van der Waals surface area (Å²) in [5.41, 5.74) is 1.84. The molecule has 0 spiro atoms. The van der Waals surface area contributed by atoms with Gasteiger partial charge in [0, 0.05) is 15.9 Å². The van der Waals surface area contributed by atoms with Gasteiger partial charge < -0.3 is 5.11 Å². The lowest BCUT2D eigenvalue weighted by atomic mass is 9.51. The summed E-state index contributed by atoms with van der Waals surface area (Å²) in [6.07, 6.45) is 6.21. The van der Waals surface area contributed by atoms with E-state index in [1.54, 1.807) is 0 Å². The molecule has 1 unspecified atom stereocenters. The van der Waals surface area contributed by atoms with E-state index >= 15 is 0 Å². The number of ketones is 2. The van der Waals surface area contributed by atoms with Gasteiger partial charge in [0.05, 0.1) is 0 Å². The number of allylic oxidation sites excluding steroid dienone is 4. The molecule has 4 aliphatic carbocycles. The molecule has 2 fully saturated rings. The Morgan fingerprint density at radius 2 is 2.08 bits per heavy atom. The fourth-order valence-electron chi connectivity index (χ4n) is 6.33. The normalized spacial score (nSPS) is 43.9. The Labute approximate surface area is 154 Å². The van der Waals surface area contributed by atoms with Gasteiger partial charge in [0.1, 0.15) is 6.10 Å². The van der Waals surface area contributed by atoms with Crippen LogP contribution in [0.4, 0.5) is 0 Å². The first kappa shape index (κ1) is 13.9. The van der Waals surface area contributed by atoms with Gasteiger partial charge in [0.2, 0.25) is 0 Å². The number of aliphatic hydroxyl groups excluding tert-OH is 1. The number of carbonyl (C=O) groups excluding carboxylic acids is 2. The van der Waals surface area contributed by atoms with Crippen LogP contribution in [0.1, 0.15) is 76.2 Å². The Morgan fingerprint density at radius 1 is 1.28 bits per heavy atom. The minimum absolute atomic E-state index is 0.144. The lowest BCUT2D eigenvalue weighted by Gasteiger charge is -2.52. The molecule has 3 nitrogen and oxygen atoms in total. The molecule has 0 aliphatic heterocycles. The van der Waals surface area contributed by atoms with E-state index in [4.69, 9.17) is 4.11 Å². The van der Waals surface area contributed by atoms with Crippen molar-refractivity contribution in [2.75, 3.05) is 0 Å². The lowest BCUT2D eigenvalue weighted by molar-refractivity contribution is -0.144. The van der Waals surface area contributed by atoms with Crippen molar-refractivity contribution >= 4 is 11.6 Å². The summed E-state index contributed by atoms with van der Waals surface area (Å²) in [6, 6.07) is 0. The molecule has 0 bridgehead atoms. The average molecular weight is 345 g/mol. The van der Waals surface area contributed by atoms with Crippen LogP contribution in [-0.4, -0.2) is 22.8 Å². The minimum Gasteiger partial charge on any atom is -0.386 e. The third-order valence-electron chi connectivity index (χ3n) is 7.73. The Balaban J connectivity index is 1.79. The summed E-state index contributed by atoms with van der Waals surface area (Å²) in [4.78, 5) is 25.0. The maximum Gasteiger partial charge on any atom is 0.167 e. The molecule has 136 valence electrons. The predicted molar refractivity (Wildman–Crippen MR) is 96.9 cm³/mol. The Hall–Kier alpha value is -1.22. The highest BCUT2D eigenvalue weighted by atomic mass is 16.3. The highest BCUT2D eigenvalue weighted by Crippen LogP contribution is 2.67. The van der Waals surface area contributed by atoms with Crippen molar-refractivity contribution in [1.82, 2.24) is 0 Å². The van der Waals surface area contributed by atoms with Gasteiger partial charge in [-0.3, -0.25) is 9.59 Å². The fraction of sp³-hybridized carbons (Fsp3) is 0.727. The molecule has 2 saturated carbocycles. The second kappa shape index (κ2) is 5.64. The van der Waals surface area contributed by atoms with Crippen LogP contribution in [0.15, 0.2) is 22.8 Å². The second-order valence-corrected chi connectivity index (χ2v) is 8.79. The summed E-state index contributed by atoms with van der Waals surface area (Å²) < 4.78 is 24.9. The van der Waals surface area contributed by atoms with E-state index in [9.17, 15) is 14.7 Å². The molecule has 25 heavy (non-hydrogen) atoms. The van der Waals surface area contributed by atoms with Gasteiger partial charge in [-0.1, -0.05) is 19.3 Å². The standard InChI is InChI=1S/C22H30O3/c1-13(23)20(25)22(3)11-9-19-18-6-4-14-12-15(24)5-7-16(14)17(18)8-10-21(19,22)2/h12-13,18-19,23H,4-11H2,1-3H3/t13-,18+,19-,21-,22?/m0/s1/i3D3. The van der Waals surface area contributed by atoms with E-state index in [1.807, 2.05) is 13.0 Å². The molecule has 0 radical (unpaired) electrons. The number of rotatable bonds is 2. The molecule has 0 saturated heterocycles. The lowest BCUT2D eigenvalue weighted by Crippen LogP contribution is -2.50. The van der Waals surface area contributed by atoms with Crippen LogP contribution in [0.3, 0.4) is 0 Å².